The van der Waals surface area contributed by atoms with E-state index in [1.807, 2.05) is 19.1 Å². The van der Waals surface area contributed by atoms with Gasteiger partial charge in [-0.2, -0.15) is 0 Å². The van der Waals surface area contributed by atoms with Gasteiger partial charge in [0.25, 0.3) is 0 Å². The zero-order chi connectivity index (χ0) is 25.3. The predicted octanol–water partition coefficient (Wildman–Crippen LogP) is 5.54. The number of fused-ring (bicyclic) bond motifs is 1. The lowest BCUT2D eigenvalue weighted by Crippen LogP contribution is -2.31. The van der Waals surface area contributed by atoms with Crippen molar-refractivity contribution in [3.63, 3.8) is 0 Å². The Morgan fingerprint density at radius 1 is 1.09 bits per heavy atom. The normalized spacial score (nSPS) is 15.5. The molecule has 0 aliphatic carbocycles. The number of halogens is 1. The Bertz CT molecular complexity index is 1130. The standard InChI is InChI=1S/C28H36FN3O3/c1-6-34-23-15-19-16-32(27(30)24(19)25(29)26(23)35-7-2)17-22(33)18-10-11-21(31-12-8-9-13-31)20(14-18)28(3,4)5/h10-11,14-15,30H,6-9,12-13,16-17H2,1-5H3. The average molecular weight is 482 g/mol. The number of Topliss-reactive ketones (excluding diaryl/α,β-unsaturated/α-hetero) is 1. The van der Waals surface area contributed by atoms with Crippen LogP contribution in [0.15, 0.2) is 24.3 Å². The zero-order valence-electron chi connectivity index (χ0n) is 21.5. The number of carbonyl (C=O) groups excluding carboxylic acids is 1. The van der Waals surface area contributed by atoms with Crippen molar-refractivity contribution >= 4 is 17.3 Å². The number of benzene rings is 2. The second-order valence-corrected chi connectivity index (χ2v) is 10.2. The first-order valence-electron chi connectivity index (χ1n) is 12.5. The van der Waals surface area contributed by atoms with Crippen LogP contribution in [-0.4, -0.2) is 49.4 Å². The Hall–Kier alpha value is -3.09. The van der Waals surface area contributed by atoms with E-state index < -0.39 is 5.82 Å². The molecule has 188 valence electrons. The number of rotatable bonds is 8. The summed E-state index contributed by atoms with van der Waals surface area (Å²) < 4.78 is 26.4. The highest BCUT2D eigenvalue weighted by molar-refractivity contribution is 6.06. The highest BCUT2D eigenvalue weighted by atomic mass is 19.1. The molecule has 2 aromatic carbocycles. The summed E-state index contributed by atoms with van der Waals surface area (Å²) >= 11 is 0. The van der Waals surface area contributed by atoms with E-state index >= 15 is 4.39 Å². The molecule has 0 spiro atoms. The van der Waals surface area contributed by atoms with Crippen molar-refractivity contribution in [1.29, 1.82) is 5.41 Å². The number of hydrogen-bond acceptors (Lipinski definition) is 5. The van der Waals surface area contributed by atoms with Gasteiger partial charge < -0.3 is 19.3 Å². The molecule has 0 atom stereocenters. The maximum absolute atomic E-state index is 15.3. The molecule has 0 radical (unpaired) electrons. The number of nitrogens with zero attached hydrogens (tertiary/aromatic N) is 2. The van der Waals surface area contributed by atoms with Gasteiger partial charge in [-0.1, -0.05) is 20.8 Å². The predicted molar refractivity (Wildman–Crippen MR) is 137 cm³/mol. The number of nitrogens with one attached hydrogen (secondary N) is 1. The molecule has 4 rings (SSSR count). The van der Waals surface area contributed by atoms with E-state index in [0.717, 1.165) is 18.7 Å². The third kappa shape index (κ3) is 4.86. The summed E-state index contributed by atoms with van der Waals surface area (Å²) in [6.07, 6.45) is 2.38. The molecule has 2 aliphatic heterocycles. The molecule has 0 amide bonds. The molecule has 1 N–H and O–H groups in total. The minimum Gasteiger partial charge on any atom is -0.490 e. The van der Waals surface area contributed by atoms with E-state index in [0.29, 0.717) is 23.5 Å². The van der Waals surface area contributed by atoms with Crippen LogP contribution in [0.4, 0.5) is 10.1 Å². The number of hydrogen-bond donors (Lipinski definition) is 1. The van der Waals surface area contributed by atoms with Crippen molar-refractivity contribution in [3.05, 3.63) is 52.3 Å². The Morgan fingerprint density at radius 2 is 1.77 bits per heavy atom. The molecular formula is C28H36FN3O3. The molecule has 7 heteroatoms. The molecule has 1 fully saturated rings. The molecule has 0 saturated carbocycles. The van der Waals surface area contributed by atoms with Gasteiger partial charge in [0.05, 0.1) is 25.3 Å². The average Bonchev–Trinajstić information content (AvgIpc) is 3.44. The lowest BCUT2D eigenvalue weighted by molar-refractivity contribution is 0.0962. The van der Waals surface area contributed by atoms with Gasteiger partial charge in [-0.05, 0) is 67.5 Å². The summed E-state index contributed by atoms with van der Waals surface area (Å²) in [7, 11) is 0. The van der Waals surface area contributed by atoms with Gasteiger partial charge in [0.1, 0.15) is 5.84 Å². The third-order valence-electron chi connectivity index (χ3n) is 6.68. The van der Waals surface area contributed by atoms with Crippen LogP contribution in [0, 0.1) is 11.2 Å². The number of ketones is 1. The summed E-state index contributed by atoms with van der Waals surface area (Å²) in [5.41, 5.74) is 3.67. The molecule has 0 unspecified atom stereocenters. The summed E-state index contributed by atoms with van der Waals surface area (Å²) in [6.45, 7) is 13.1. The summed E-state index contributed by atoms with van der Waals surface area (Å²) in [5, 5.41) is 8.61. The van der Waals surface area contributed by atoms with Crippen molar-refractivity contribution in [1.82, 2.24) is 4.90 Å². The Kier molecular flexibility index (Phi) is 7.06. The summed E-state index contributed by atoms with van der Waals surface area (Å²) in [5.74, 6) is -0.328. The maximum atomic E-state index is 15.3. The van der Waals surface area contributed by atoms with Crippen LogP contribution in [0.2, 0.25) is 0 Å². The van der Waals surface area contributed by atoms with Gasteiger partial charge in [0.2, 0.25) is 0 Å². The van der Waals surface area contributed by atoms with Crippen LogP contribution in [0.25, 0.3) is 0 Å². The second-order valence-electron chi connectivity index (χ2n) is 10.2. The van der Waals surface area contributed by atoms with Gasteiger partial charge in [-0.15, -0.1) is 0 Å². The Morgan fingerprint density at radius 3 is 2.40 bits per heavy atom. The molecular weight excluding hydrogens is 445 g/mol. The zero-order valence-corrected chi connectivity index (χ0v) is 21.5. The van der Waals surface area contributed by atoms with E-state index in [1.54, 1.807) is 17.9 Å². The van der Waals surface area contributed by atoms with Gasteiger partial charge >= 0.3 is 0 Å². The molecule has 0 bridgehead atoms. The van der Waals surface area contributed by atoms with Gasteiger partial charge in [0, 0.05) is 30.9 Å². The van der Waals surface area contributed by atoms with Gasteiger partial charge in [0.15, 0.2) is 23.1 Å². The van der Waals surface area contributed by atoms with Crippen molar-refractivity contribution in [3.8, 4) is 11.5 Å². The highest BCUT2D eigenvalue weighted by Gasteiger charge is 2.33. The van der Waals surface area contributed by atoms with Gasteiger partial charge in [-0.3, -0.25) is 10.2 Å². The number of carbonyl (C=O) groups is 1. The lowest BCUT2D eigenvalue weighted by Gasteiger charge is -2.29. The van der Waals surface area contributed by atoms with Gasteiger partial charge in [-0.25, -0.2) is 4.39 Å². The SMILES string of the molecule is CCOc1cc2c(c(F)c1OCC)C(=N)N(CC(=O)c1ccc(N3CCCC3)c(C(C)(C)C)c1)C2. The van der Waals surface area contributed by atoms with E-state index in [1.165, 1.54) is 18.5 Å². The lowest BCUT2D eigenvalue weighted by atomic mass is 9.84. The molecule has 2 heterocycles. The third-order valence-corrected chi connectivity index (χ3v) is 6.68. The van der Waals surface area contributed by atoms with Crippen molar-refractivity contribution in [2.45, 2.75) is 59.4 Å². The van der Waals surface area contributed by atoms with Crippen LogP contribution in [-0.2, 0) is 12.0 Å². The number of ether oxygens (including phenoxy) is 2. The maximum Gasteiger partial charge on any atom is 0.197 e. The van der Waals surface area contributed by atoms with E-state index in [2.05, 4.69) is 31.7 Å². The van der Waals surface area contributed by atoms with Crippen LogP contribution in [0.5, 0.6) is 11.5 Å². The van der Waals surface area contributed by atoms with Crippen LogP contribution >= 0.6 is 0 Å². The van der Waals surface area contributed by atoms with Crippen LogP contribution in [0.1, 0.15) is 74.5 Å². The van der Waals surface area contributed by atoms with Crippen molar-refractivity contribution < 1.29 is 18.7 Å². The second kappa shape index (κ2) is 9.88. The fourth-order valence-corrected chi connectivity index (χ4v) is 4.97. The quantitative estimate of drug-likeness (QED) is 0.501. The first kappa shape index (κ1) is 25.0. The van der Waals surface area contributed by atoms with E-state index in [4.69, 9.17) is 14.9 Å². The molecule has 2 aliphatic rings. The summed E-state index contributed by atoms with van der Waals surface area (Å²) in [4.78, 5) is 17.4. The Balaban J connectivity index is 1.59. The van der Waals surface area contributed by atoms with Crippen LogP contribution in [0.3, 0.4) is 0 Å². The molecule has 2 aromatic rings. The first-order chi connectivity index (χ1) is 16.7. The highest BCUT2D eigenvalue weighted by Crippen LogP contribution is 2.39. The molecule has 0 aromatic heterocycles. The fourth-order valence-electron chi connectivity index (χ4n) is 4.97. The monoisotopic (exact) mass is 481 g/mol. The minimum atomic E-state index is -0.599. The minimum absolute atomic E-state index is 0.000386. The van der Waals surface area contributed by atoms with Crippen molar-refractivity contribution in [2.75, 3.05) is 37.7 Å². The Labute approximate surface area is 207 Å². The van der Waals surface area contributed by atoms with Crippen molar-refractivity contribution in [2.24, 2.45) is 0 Å². The molecule has 35 heavy (non-hydrogen) atoms. The van der Waals surface area contributed by atoms with E-state index in [-0.39, 0.29) is 48.0 Å². The van der Waals surface area contributed by atoms with Crippen LogP contribution < -0.4 is 14.4 Å². The largest absolute Gasteiger partial charge is 0.490 e. The number of amidine groups is 1. The molecule has 6 nitrogen and oxygen atoms in total. The van der Waals surface area contributed by atoms with E-state index in [9.17, 15) is 4.79 Å². The smallest absolute Gasteiger partial charge is 0.197 e. The first-order valence-corrected chi connectivity index (χ1v) is 12.5. The molecule has 1 saturated heterocycles. The summed E-state index contributed by atoms with van der Waals surface area (Å²) in [6, 6.07) is 7.68. The number of anilines is 1. The fraction of sp³-hybridized carbons (Fsp3) is 0.500. The topological polar surface area (TPSA) is 65.9 Å².